The van der Waals surface area contributed by atoms with Gasteiger partial charge in [-0.3, -0.25) is 13.8 Å². The maximum absolute atomic E-state index is 12.7. The Bertz CT molecular complexity index is 983. The van der Waals surface area contributed by atoms with Gasteiger partial charge in [-0.05, 0) is 44.9 Å². The van der Waals surface area contributed by atoms with E-state index >= 15 is 0 Å². The van der Waals surface area contributed by atoms with E-state index in [1.165, 1.54) is 167 Å². The van der Waals surface area contributed by atoms with E-state index in [-0.39, 0.29) is 25.8 Å². The molecule has 0 aromatic rings. The van der Waals surface area contributed by atoms with Gasteiger partial charge in [-0.1, -0.05) is 199 Å². The van der Waals surface area contributed by atoms with Crippen LogP contribution >= 0.6 is 7.82 Å². The molecule has 0 amide bonds. The van der Waals surface area contributed by atoms with Crippen LogP contribution in [0.3, 0.4) is 0 Å². The van der Waals surface area contributed by atoms with Crippen molar-refractivity contribution in [3.8, 4) is 0 Å². The lowest BCUT2D eigenvalue weighted by molar-refractivity contribution is -0.870. The van der Waals surface area contributed by atoms with E-state index in [2.05, 4.69) is 38.2 Å². The molecule has 0 aromatic heterocycles. The van der Waals surface area contributed by atoms with Gasteiger partial charge in [0, 0.05) is 13.0 Å². The standard InChI is InChI=1S/C49H96NO7P/c1-6-8-10-12-14-16-18-19-20-21-22-23-24-25-26-27-28-29-30-31-32-33-35-37-39-41-44-54-46-48(47-56-58(52,53)55-45-43-50(3,4)5)57-49(51)42-40-38-36-34-17-15-13-11-9-7-2/h18-19,21-22,48H,6-17,20,23-47H2,1-5H3/p+1/b19-18-,22-21-. The number of phosphoric ester groups is 1. The Hall–Kier alpha value is -1.02. The van der Waals surface area contributed by atoms with Crippen molar-refractivity contribution in [2.24, 2.45) is 0 Å². The van der Waals surface area contributed by atoms with E-state index in [9.17, 15) is 14.3 Å². The number of esters is 1. The Morgan fingerprint density at radius 3 is 1.40 bits per heavy atom. The second-order valence-corrected chi connectivity index (χ2v) is 19.3. The van der Waals surface area contributed by atoms with Gasteiger partial charge >= 0.3 is 13.8 Å². The molecule has 0 aromatic carbocycles. The van der Waals surface area contributed by atoms with Gasteiger partial charge in [0.1, 0.15) is 19.3 Å². The van der Waals surface area contributed by atoms with Gasteiger partial charge in [-0.25, -0.2) is 4.57 Å². The molecule has 0 heterocycles. The molecule has 0 saturated carbocycles. The summed E-state index contributed by atoms with van der Waals surface area (Å²) in [5.74, 6) is -0.313. The van der Waals surface area contributed by atoms with E-state index in [1.54, 1.807) is 0 Å². The van der Waals surface area contributed by atoms with Crippen LogP contribution in [0.4, 0.5) is 0 Å². The second kappa shape index (κ2) is 42.7. The topological polar surface area (TPSA) is 91.3 Å². The lowest BCUT2D eigenvalue weighted by atomic mass is 10.0. The summed E-state index contributed by atoms with van der Waals surface area (Å²) < 4.78 is 35.0. The number of carbonyl (C=O) groups excluding carboxylic acids is 1. The van der Waals surface area contributed by atoms with Gasteiger partial charge in [0.15, 0.2) is 0 Å². The highest BCUT2D eigenvalue weighted by Gasteiger charge is 2.26. The molecule has 0 saturated heterocycles. The molecule has 0 aliphatic carbocycles. The molecule has 0 aliphatic heterocycles. The Morgan fingerprint density at radius 1 is 0.534 bits per heavy atom. The highest BCUT2D eigenvalue weighted by atomic mass is 31.2. The monoisotopic (exact) mass is 843 g/mol. The third kappa shape index (κ3) is 46.1. The molecule has 0 spiro atoms. The van der Waals surface area contributed by atoms with Crippen LogP contribution in [0.2, 0.25) is 0 Å². The second-order valence-electron chi connectivity index (χ2n) is 17.9. The molecule has 2 unspecified atom stereocenters. The number of unbranched alkanes of at least 4 members (excludes halogenated alkanes) is 28. The summed E-state index contributed by atoms with van der Waals surface area (Å²) in [4.78, 5) is 22.8. The fourth-order valence-corrected chi connectivity index (χ4v) is 7.68. The zero-order chi connectivity index (χ0) is 42.7. The van der Waals surface area contributed by atoms with Crippen LogP contribution in [0.25, 0.3) is 0 Å². The van der Waals surface area contributed by atoms with Crippen LogP contribution in [0.5, 0.6) is 0 Å². The maximum Gasteiger partial charge on any atom is 0.472 e. The zero-order valence-electron chi connectivity index (χ0n) is 39.0. The smallest absolute Gasteiger partial charge is 0.457 e. The number of rotatable bonds is 46. The van der Waals surface area contributed by atoms with Gasteiger partial charge in [-0.15, -0.1) is 0 Å². The molecule has 0 fully saturated rings. The molecule has 344 valence electrons. The molecule has 0 rings (SSSR count). The molecule has 2 atom stereocenters. The summed E-state index contributed by atoms with van der Waals surface area (Å²) in [5.41, 5.74) is 0. The van der Waals surface area contributed by atoms with Crippen molar-refractivity contribution >= 4 is 13.8 Å². The number of hydrogen-bond acceptors (Lipinski definition) is 6. The molecule has 0 radical (unpaired) electrons. The van der Waals surface area contributed by atoms with Gasteiger partial charge in [0.2, 0.25) is 0 Å². The number of nitrogens with zero attached hydrogens (tertiary/aromatic N) is 1. The van der Waals surface area contributed by atoms with Gasteiger partial charge in [-0.2, -0.15) is 0 Å². The van der Waals surface area contributed by atoms with Crippen LogP contribution in [0.15, 0.2) is 24.3 Å². The lowest BCUT2D eigenvalue weighted by Gasteiger charge is -2.24. The molecule has 8 nitrogen and oxygen atoms in total. The van der Waals surface area contributed by atoms with Crippen molar-refractivity contribution < 1.29 is 37.3 Å². The zero-order valence-corrected chi connectivity index (χ0v) is 39.9. The highest BCUT2D eigenvalue weighted by Crippen LogP contribution is 2.43. The van der Waals surface area contributed by atoms with E-state index in [0.717, 1.165) is 38.5 Å². The Morgan fingerprint density at radius 2 is 0.948 bits per heavy atom. The predicted molar refractivity (Wildman–Crippen MR) is 247 cm³/mol. The van der Waals surface area contributed by atoms with E-state index in [0.29, 0.717) is 24.1 Å². The Labute approximate surface area is 360 Å². The van der Waals surface area contributed by atoms with E-state index < -0.39 is 13.9 Å². The average molecular weight is 843 g/mol. The summed E-state index contributed by atoms with van der Waals surface area (Å²) >= 11 is 0. The van der Waals surface area contributed by atoms with Crippen LogP contribution < -0.4 is 0 Å². The van der Waals surface area contributed by atoms with Crippen molar-refractivity contribution in [3.05, 3.63) is 24.3 Å². The number of quaternary nitrogens is 1. The quantitative estimate of drug-likeness (QED) is 0.0215. The Kier molecular flexibility index (Phi) is 41.9. The Balaban J connectivity index is 3.99. The highest BCUT2D eigenvalue weighted by molar-refractivity contribution is 7.47. The minimum absolute atomic E-state index is 0.0911. The van der Waals surface area contributed by atoms with Crippen LogP contribution in [0.1, 0.15) is 226 Å². The maximum atomic E-state index is 12.7. The van der Waals surface area contributed by atoms with E-state index in [1.807, 2.05) is 21.1 Å². The third-order valence-corrected chi connectivity index (χ3v) is 11.7. The first-order valence-electron chi connectivity index (χ1n) is 24.6. The fraction of sp³-hybridized carbons (Fsp3) is 0.898. The van der Waals surface area contributed by atoms with Crippen LogP contribution in [0, 0.1) is 0 Å². The number of hydrogen-bond donors (Lipinski definition) is 1. The van der Waals surface area contributed by atoms with Gasteiger partial charge in [0.25, 0.3) is 0 Å². The van der Waals surface area contributed by atoms with Crippen molar-refractivity contribution in [2.45, 2.75) is 232 Å². The molecule has 1 N–H and O–H groups in total. The average Bonchev–Trinajstić information content (AvgIpc) is 3.18. The number of phosphoric acid groups is 1. The first kappa shape index (κ1) is 57.0. The summed E-state index contributed by atoms with van der Waals surface area (Å²) in [6.07, 6.45) is 49.4. The van der Waals surface area contributed by atoms with Crippen LogP contribution in [-0.4, -0.2) is 75.6 Å². The number of allylic oxidation sites excluding steroid dienone is 4. The van der Waals surface area contributed by atoms with Gasteiger partial charge in [0.05, 0.1) is 34.4 Å². The van der Waals surface area contributed by atoms with Crippen molar-refractivity contribution in [2.75, 3.05) is 54.1 Å². The lowest BCUT2D eigenvalue weighted by Crippen LogP contribution is -2.37. The minimum Gasteiger partial charge on any atom is -0.457 e. The first-order valence-corrected chi connectivity index (χ1v) is 26.1. The molecule has 58 heavy (non-hydrogen) atoms. The molecule has 0 bridgehead atoms. The van der Waals surface area contributed by atoms with Gasteiger partial charge < -0.3 is 18.9 Å². The SMILES string of the molecule is CCCCCCC/C=C\C/C=C\CCCCCCCCCCCCCCCCOCC(COP(=O)(O)OCC[N+](C)(C)C)OC(=O)CCCCCCCCCCCC. The van der Waals surface area contributed by atoms with Crippen LogP contribution in [-0.2, 0) is 27.9 Å². The largest absolute Gasteiger partial charge is 0.472 e. The number of likely N-dealkylation sites (N-methyl/N-ethyl adjacent to an activating group) is 1. The van der Waals surface area contributed by atoms with Crippen molar-refractivity contribution in [1.29, 1.82) is 0 Å². The van der Waals surface area contributed by atoms with E-state index in [4.69, 9.17) is 18.5 Å². The first-order chi connectivity index (χ1) is 28.1. The van der Waals surface area contributed by atoms with Crippen molar-refractivity contribution in [3.63, 3.8) is 0 Å². The summed E-state index contributed by atoms with van der Waals surface area (Å²) in [5, 5.41) is 0. The minimum atomic E-state index is -4.27. The summed E-state index contributed by atoms with van der Waals surface area (Å²) in [6.45, 7) is 5.63. The summed E-state index contributed by atoms with van der Waals surface area (Å²) in [6, 6.07) is 0. The fourth-order valence-electron chi connectivity index (χ4n) is 6.94. The molecule has 9 heteroatoms. The molecular formula is C49H97NO7P+. The predicted octanol–water partition coefficient (Wildman–Crippen LogP) is 14.8. The normalized spacial score (nSPS) is 13.8. The third-order valence-electron chi connectivity index (χ3n) is 10.8. The molecule has 0 aliphatic rings. The number of ether oxygens (including phenoxy) is 2. The number of carbonyl (C=O) groups is 1. The summed E-state index contributed by atoms with van der Waals surface area (Å²) in [7, 11) is 1.68. The van der Waals surface area contributed by atoms with Crippen molar-refractivity contribution in [1.82, 2.24) is 0 Å². The molecular weight excluding hydrogens is 746 g/mol.